The smallest absolute Gasteiger partial charge is 0.146 e. The normalized spacial score (nSPS) is 11.0. The van der Waals surface area contributed by atoms with Crippen molar-refractivity contribution in [3.8, 4) is 0 Å². The lowest BCUT2D eigenvalue weighted by Gasteiger charge is -2.23. The Morgan fingerprint density at radius 3 is 2.67 bits per heavy atom. The van der Waals surface area contributed by atoms with Gasteiger partial charge in [-0.25, -0.2) is 4.39 Å². The Morgan fingerprint density at radius 2 is 2.06 bits per heavy atom. The van der Waals surface area contributed by atoms with E-state index in [2.05, 4.69) is 26.1 Å². The predicted octanol–water partition coefficient (Wildman–Crippen LogP) is 3.56. The van der Waals surface area contributed by atoms with E-state index in [4.69, 9.17) is 0 Å². The van der Waals surface area contributed by atoms with Crippen molar-refractivity contribution in [1.29, 1.82) is 0 Å². The molecule has 0 fully saturated rings. The van der Waals surface area contributed by atoms with E-state index in [1.165, 1.54) is 6.07 Å². The van der Waals surface area contributed by atoms with Gasteiger partial charge in [-0.15, -0.1) is 0 Å². The fourth-order valence-corrected chi connectivity index (χ4v) is 1.95. The fraction of sp³-hybridized carbons (Fsp3) is 0.600. The molecule has 0 aliphatic carbocycles. The molecule has 0 heterocycles. The summed E-state index contributed by atoms with van der Waals surface area (Å²) in [5.74, 6) is -0.128. The van der Waals surface area contributed by atoms with Crippen molar-refractivity contribution < 1.29 is 4.39 Å². The first-order chi connectivity index (χ1) is 8.56. The summed E-state index contributed by atoms with van der Waals surface area (Å²) in [5, 5.41) is 3.35. The van der Waals surface area contributed by atoms with E-state index in [0.29, 0.717) is 12.6 Å². The van der Waals surface area contributed by atoms with Crippen molar-refractivity contribution in [3.63, 3.8) is 0 Å². The second-order valence-corrected chi connectivity index (χ2v) is 5.06. The molecule has 3 heteroatoms. The standard InChI is InChI=1S/C15H25FN2/c1-5-6-10-18(4)15-13(11-17-12(2)3)8-7-9-14(15)16/h7-9,12,17H,5-6,10-11H2,1-4H3. The molecule has 0 radical (unpaired) electrons. The van der Waals surface area contributed by atoms with Gasteiger partial charge in [0.05, 0.1) is 5.69 Å². The second kappa shape index (κ2) is 7.37. The van der Waals surface area contributed by atoms with Crippen LogP contribution in [0.2, 0.25) is 0 Å². The highest BCUT2D eigenvalue weighted by Crippen LogP contribution is 2.24. The van der Waals surface area contributed by atoms with Gasteiger partial charge in [-0.1, -0.05) is 39.3 Å². The van der Waals surface area contributed by atoms with Gasteiger partial charge < -0.3 is 10.2 Å². The summed E-state index contributed by atoms with van der Waals surface area (Å²) in [6.45, 7) is 7.95. The largest absolute Gasteiger partial charge is 0.372 e. The molecular weight excluding hydrogens is 227 g/mol. The molecule has 0 amide bonds. The minimum atomic E-state index is -0.128. The van der Waals surface area contributed by atoms with Gasteiger partial charge in [0.2, 0.25) is 0 Å². The van der Waals surface area contributed by atoms with Crippen LogP contribution in [0, 0.1) is 5.82 Å². The molecule has 1 N–H and O–H groups in total. The number of unbranched alkanes of at least 4 members (excludes halogenated alkanes) is 1. The van der Waals surface area contributed by atoms with Gasteiger partial charge in [-0.05, 0) is 18.1 Å². The minimum Gasteiger partial charge on any atom is -0.372 e. The van der Waals surface area contributed by atoms with Crippen LogP contribution in [-0.2, 0) is 6.54 Å². The van der Waals surface area contributed by atoms with Crippen LogP contribution in [0.5, 0.6) is 0 Å². The van der Waals surface area contributed by atoms with Gasteiger partial charge in [0.25, 0.3) is 0 Å². The maximum absolute atomic E-state index is 14.0. The lowest BCUT2D eigenvalue weighted by atomic mass is 10.1. The van der Waals surface area contributed by atoms with Gasteiger partial charge in [-0.3, -0.25) is 0 Å². The van der Waals surface area contributed by atoms with E-state index < -0.39 is 0 Å². The van der Waals surface area contributed by atoms with Crippen LogP contribution in [0.1, 0.15) is 39.2 Å². The zero-order chi connectivity index (χ0) is 13.5. The molecule has 1 rings (SSSR count). The predicted molar refractivity (Wildman–Crippen MR) is 76.6 cm³/mol. The average molecular weight is 252 g/mol. The Labute approximate surface area is 110 Å². The molecule has 0 aliphatic rings. The maximum Gasteiger partial charge on any atom is 0.146 e. The van der Waals surface area contributed by atoms with E-state index in [-0.39, 0.29) is 5.82 Å². The zero-order valence-electron chi connectivity index (χ0n) is 12.0. The SMILES string of the molecule is CCCCN(C)c1c(F)cccc1CNC(C)C. The van der Waals surface area contributed by atoms with Crippen LogP contribution >= 0.6 is 0 Å². The highest BCUT2D eigenvalue weighted by molar-refractivity contribution is 5.54. The van der Waals surface area contributed by atoms with Crippen molar-refractivity contribution in [2.45, 2.75) is 46.2 Å². The summed E-state index contributed by atoms with van der Waals surface area (Å²) >= 11 is 0. The van der Waals surface area contributed by atoms with Crippen molar-refractivity contribution in [2.24, 2.45) is 0 Å². The van der Waals surface area contributed by atoms with E-state index in [1.807, 2.05) is 18.0 Å². The molecule has 0 aromatic heterocycles. The first-order valence-electron chi connectivity index (χ1n) is 6.78. The molecule has 2 nitrogen and oxygen atoms in total. The molecule has 0 bridgehead atoms. The molecule has 0 atom stereocenters. The highest BCUT2D eigenvalue weighted by Gasteiger charge is 2.12. The third kappa shape index (κ3) is 4.30. The number of hydrogen-bond donors (Lipinski definition) is 1. The number of para-hydroxylation sites is 1. The van der Waals surface area contributed by atoms with Crippen LogP contribution < -0.4 is 10.2 Å². The van der Waals surface area contributed by atoms with Gasteiger partial charge in [0.1, 0.15) is 5.82 Å². The lowest BCUT2D eigenvalue weighted by molar-refractivity contribution is 0.578. The molecule has 0 spiro atoms. The van der Waals surface area contributed by atoms with Crippen LogP contribution in [0.25, 0.3) is 0 Å². The van der Waals surface area contributed by atoms with Crippen LogP contribution in [0.4, 0.5) is 10.1 Å². The maximum atomic E-state index is 14.0. The summed E-state index contributed by atoms with van der Waals surface area (Å²) in [7, 11) is 1.97. The molecule has 0 unspecified atom stereocenters. The number of halogens is 1. The summed E-state index contributed by atoms with van der Waals surface area (Å²) < 4.78 is 14.0. The molecule has 0 saturated heterocycles. The Hall–Kier alpha value is -1.09. The molecule has 0 aliphatic heterocycles. The molecular formula is C15H25FN2. The van der Waals surface area contributed by atoms with E-state index in [1.54, 1.807) is 6.07 Å². The van der Waals surface area contributed by atoms with Gasteiger partial charge >= 0.3 is 0 Å². The average Bonchev–Trinajstić information content (AvgIpc) is 2.33. The Bertz CT molecular complexity index is 364. The lowest BCUT2D eigenvalue weighted by Crippen LogP contribution is -2.26. The van der Waals surface area contributed by atoms with Gasteiger partial charge in [0, 0.05) is 26.2 Å². The first kappa shape index (κ1) is 15.0. The summed E-state index contributed by atoms with van der Waals surface area (Å²) in [5.41, 5.74) is 1.77. The molecule has 0 saturated carbocycles. The molecule has 1 aromatic rings. The quantitative estimate of drug-likeness (QED) is 0.798. The Balaban J connectivity index is 2.85. The monoisotopic (exact) mass is 252 g/mol. The molecule has 102 valence electrons. The second-order valence-electron chi connectivity index (χ2n) is 5.06. The van der Waals surface area contributed by atoms with Crippen LogP contribution in [0.15, 0.2) is 18.2 Å². The Morgan fingerprint density at radius 1 is 1.33 bits per heavy atom. The highest BCUT2D eigenvalue weighted by atomic mass is 19.1. The first-order valence-corrected chi connectivity index (χ1v) is 6.78. The van der Waals surface area contributed by atoms with E-state index >= 15 is 0 Å². The topological polar surface area (TPSA) is 15.3 Å². The van der Waals surface area contributed by atoms with Crippen molar-refractivity contribution >= 4 is 5.69 Å². The molecule has 1 aromatic carbocycles. The van der Waals surface area contributed by atoms with Crippen molar-refractivity contribution in [2.75, 3.05) is 18.5 Å². The number of anilines is 1. The van der Waals surface area contributed by atoms with E-state index in [0.717, 1.165) is 30.6 Å². The van der Waals surface area contributed by atoms with Gasteiger partial charge in [-0.2, -0.15) is 0 Å². The van der Waals surface area contributed by atoms with Crippen molar-refractivity contribution in [3.05, 3.63) is 29.6 Å². The zero-order valence-corrected chi connectivity index (χ0v) is 12.0. The van der Waals surface area contributed by atoms with Crippen LogP contribution in [0.3, 0.4) is 0 Å². The number of nitrogens with zero attached hydrogens (tertiary/aromatic N) is 1. The summed E-state index contributed by atoms with van der Waals surface area (Å²) in [6.07, 6.45) is 2.21. The minimum absolute atomic E-state index is 0.128. The summed E-state index contributed by atoms with van der Waals surface area (Å²) in [4.78, 5) is 2.02. The van der Waals surface area contributed by atoms with Gasteiger partial charge in [0.15, 0.2) is 0 Å². The fourth-order valence-electron chi connectivity index (χ4n) is 1.95. The molecule has 18 heavy (non-hydrogen) atoms. The van der Waals surface area contributed by atoms with Crippen LogP contribution in [-0.4, -0.2) is 19.6 Å². The van der Waals surface area contributed by atoms with Crippen molar-refractivity contribution in [1.82, 2.24) is 5.32 Å². The summed E-state index contributed by atoms with van der Waals surface area (Å²) in [6, 6.07) is 5.72. The third-order valence-corrected chi connectivity index (χ3v) is 3.00. The number of rotatable bonds is 7. The van der Waals surface area contributed by atoms with E-state index in [9.17, 15) is 4.39 Å². The Kier molecular flexibility index (Phi) is 6.13. The third-order valence-electron chi connectivity index (χ3n) is 3.00. The number of nitrogens with one attached hydrogen (secondary N) is 1. The number of benzene rings is 1. The number of hydrogen-bond acceptors (Lipinski definition) is 2.